The molecule has 5 rings (SSSR count). The summed E-state index contributed by atoms with van der Waals surface area (Å²) >= 11 is 1.80. The molecule has 3 aliphatic heterocycles. The third-order valence-electron chi connectivity index (χ3n) is 6.01. The van der Waals surface area contributed by atoms with E-state index in [1.54, 1.807) is 27.2 Å². The molecule has 1 unspecified atom stereocenters. The maximum Gasteiger partial charge on any atom is 0.330 e. The van der Waals surface area contributed by atoms with Crippen molar-refractivity contribution in [3.05, 3.63) is 42.6 Å². The zero-order valence-corrected chi connectivity index (χ0v) is 21.0. The van der Waals surface area contributed by atoms with Crippen molar-refractivity contribution >= 4 is 34.7 Å². The first kappa shape index (κ1) is 26.9. The molecule has 0 aliphatic carbocycles. The standard InChI is InChI=1S/C11H16N4O4.C9H11IN2O5/c16-3-8-6(17)1-9(19-8)15-5-14-10-7(18)2-12-4-13-11(10)15;10-4-2-12(9(16)11-8(4)15)7-1-5(14)6(3-13)17-7/h4-9,16-18H,1-3H2,(H,12,13);2,5-7,13-14H,1,3H2,(H,11,15,16)/t6-,7+,8+,9+;5-,6+,7?/m00/s1. The molecule has 36 heavy (non-hydrogen) atoms. The van der Waals surface area contributed by atoms with Crippen LogP contribution in [0.1, 0.15) is 37.1 Å². The number of nitrogens with zero attached hydrogens (tertiary/aromatic N) is 4. The molecule has 2 saturated heterocycles. The highest BCUT2D eigenvalue weighted by Crippen LogP contribution is 2.35. The number of hydrogen-bond donors (Lipinski definition) is 7. The first-order valence-corrected chi connectivity index (χ1v) is 12.2. The Morgan fingerprint density at radius 3 is 2.22 bits per heavy atom. The Morgan fingerprint density at radius 2 is 1.64 bits per heavy atom. The van der Waals surface area contributed by atoms with E-state index in [4.69, 9.17) is 19.7 Å². The smallest absolute Gasteiger partial charge is 0.330 e. The number of aromatic amines is 1. The molecule has 15 nitrogen and oxygen atoms in total. The Bertz CT molecular complexity index is 1200. The number of nitrogens with one attached hydrogen (secondary N) is 2. The lowest BCUT2D eigenvalue weighted by atomic mass is 10.2. The maximum atomic E-state index is 11.6. The lowest BCUT2D eigenvalue weighted by Crippen LogP contribution is -2.33. The van der Waals surface area contributed by atoms with Gasteiger partial charge in [0.25, 0.3) is 5.56 Å². The van der Waals surface area contributed by atoms with Gasteiger partial charge in [0.05, 0.1) is 41.7 Å². The van der Waals surface area contributed by atoms with Crippen LogP contribution >= 0.6 is 22.6 Å². The van der Waals surface area contributed by atoms with Gasteiger partial charge in [-0.3, -0.25) is 18.9 Å². The van der Waals surface area contributed by atoms with Crippen molar-refractivity contribution in [1.82, 2.24) is 24.4 Å². The minimum absolute atomic E-state index is 0.202. The number of rotatable bonds is 4. The van der Waals surface area contributed by atoms with E-state index in [0.29, 0.717) is 28.0 Å². The molecule has 3 aliphatic rings. The molecule has 7 N–H and O–H groups in total. The summed E-state index contributed by atoms with van der Waals surface area (Å²) in [6.45, 7) is -0.199. The highest BCUT2D eigenvalue weighted by atomic mass is 127. The number of ether oxygens (including phenoxy) is 2. The van der Waals surface area contributed by atoms with E-state index >= 15 is 0 Å². The van der Waals surface area contributed by atoms with Gasteiger partial charge < -0.3 is 40.3 Å². The zero-order chi connectivity index (χ0) is 26.0. The lowest BCUT2D eigenvalue weighted by Gasteiger charge is -2.14. The van der Waals surface area contributed by atoms with Gasteiger partial charge in [-0.1, -0.05) is 0 Å². The summed E-state index contributed by atoms with van der Waals surface area (Å²) in [4.78, 5) is 33.2. The molecular weight excluding hydrogens is 595 g/mol. The number of halogens is 1. The summed E-state index contributed by atoms with van der Waals surface area (Å²) in [5.41, 5.74) is -0.568. The van der Waals surface area contributed by atoms with E-state index in [-0.39, 0.29) is 19.6 Å². The van der Waals surface area contributed by atoms with E-state index in [9.17, 15) is 24.9 Å². The second-order valence-electron chi connectivity index (χ2n) is 8.42. The van der Waals surface area contributed by atoms with E-state index < -0.39 is 54.2 Å². The summed E-state index contributed by atoms with van der Waals surface area (Å²) in [6, 6.07) is 0. The SMILES string of the molecule is O=c1[nH]c(=O)n(C2C[C@H](O)[C@@H](CO)O2)cc1I.OC[C@H]1O[C@@H](n2cnc3c2N=CNC[C@H]3O)C[C@@H]1O. The summed E-state index contributed by atoms with van der Waals surface area (Å²) in [5.74, 6) is 0.508. The van der Waals surface area contributed by atoms with Gasteiger partial charge in [0, 0.05) is 25.6 Å². The topological polar surface area (TPSA) is 217 Å². The van der Waals surface area contributed by atoms with Crippen molar-refractivity contribution in [1.29, 1.82) is 0 Å². The highest BCUT2D eigenvalue weighted by molar-refractivity contribution is 14.1. The van der Waals surface area contributed by atoms with Crippen LogP contribution in [0, 0.1) is 3.57 Å². The Hall–Kier alpha value is -2.19. The monoisotopic (exact) mass is 622 g/mol. The Balaban J connectivity index is 0.000000170. The number of β-amino-alcohol motifs (C(OH)–C–C–N with tert-alkyl or cyclic N) is 1. The van der Waals surface area contributed by atoms with Crippen LogP contribution in [-0.4, -0.2) is 95.1 Å². The summed E-state index contributed by atoms with van der Waals surface area (Å²) in [6.07, 6.45) is 0.295. The third kappa shape index (κ3) is 5.54. The van der Waals surface area contributed by atoms with Gasteiger partial charge in [0.2, 0.25) is 0 Å². The minimum atomic E-state index is -0.818. The molecule has 0 saturated carbocycles. The number of H-pyrrole nitrogens is 1. The van der Waals surface area contributed by atoms with Gasteiger partial charge in [0.15, 0.2) is 5.82 Å². The van der Waals surface area contributed by atoms with Gasteiger partial charge in [-0.15, -0.1) is 0 Å². The summed E-state index contributed by atoms with van der Waals surface area (Å²) in [5, 5.41) is 50.1. The maximum absolute atomic E-state index is 11.6. The lowest BCUT2D eigenvalue weighted by molar-refractivity contribution is -0.0459. The fourth-order valence-corrected chi connectivity index (χ4v) is 4.53. The highest BCUT2D eigenvalue weighted by Gasteiger charge is 2.37. The van der Waals surface area contributed by atoms with Crippen molar-refractivity contribution in [2.45, 2.75) is 55.8 Å². The molecule has 198 valence electrons. The van der Waals surface area contributed by atoms with Crippen LogP contribution in [-0.2, 0) is 9.47 Å². The second kappa shape index (κ2) is 11.5. The van der Waals surface area contributed by atoms with Crippen molar-refractivity contribution in [2.24, 2.45) is 4.99 Å². The van der Waals surface area contributed by atoms with Crippen LogP contribution in [0.3, 0.4) is 0 Å². The molecule has 0 aromatic carbocycles. The van der Waals surface area contributed by atoms with Gasteiger partial charge in [0.1, 0.15) is 36.5 Å². The van der Waals surface area contributed by atoms with Gasteiger partial charge >= 0.3 is 5.69 Å². The Kier molecular flexibility index (Phi) is 8.56. The number of aliphatic hydroxyl groups is 5. The average Bonchev–Trinajstić information content (AvgIpc) is 3.52. The quantitative estimate of drug-likeness (QED) is 0.179. The van der Waals surface area contributed by atoms with E-state index in [1.165, 1.54) is 23.4 Å². The fraction of sp³-hybridized carbons (Fsp3) is 0.600. The number of aliphatic hydroxyl groups excluding tert-OH is 5. The van der Waals surface area contributed by atoms with Crippen molar-refractivity contribution in [2.75, 3.05) is 19.8 Å². The first-order valence-electron chi connectivity index (χ1n) is 11.1. The minimum Gasteiger partial charge on any atom is -0.394 e. The fourth-order valence-electron chi connectivity index (χ4n) is 4.09. The van der Waals surface area contributed by atoms with Crippen molar-refractivity contribution in [3.63, 3.8) is 0 Å². The predicted molar refractivity (Wildman–Crippen MR) is 131 cm³/mol. The summed E-state index contributed by atoms with van der Waals surface area (Å²) in [7, 11) is 0. The summed E-state index contributed by atoms with van der Waals surface area (Å²) < 4.78 is 14.1. The molecule has 0 spiro atoms. The van der Waals surface area contributed by atoms with Crippen LogP contribution < -0.4 is 16.6 Å². The van der Waals surface area contributed by atoms with E-state index in [1.807, 2.05) is 0 Å². The molecule has 2 aromatic heterocycles. The number of imidazole rings is 1. The number of aliphatic imine (C=N–C) groups is 1. The van der Waals surface area contributed by atoms with Crippen molar-refractivity contribution < 1.29 is 35.0 Å². The largest absolute Gasteiger partial charge is 0.394 e. The van der Waals surface area contributed by atoms with Gasteiger partial charge in [-0.25, -0.2) is 14.8 Å². The van der Waals surface area contributed by atoms with Gasteiger partial charge in [-0.05, 0) is 22.6 Å². The molecule has 2 aromatic rings. The van der Waals surface area contributed by atoms with Crippen LogP contribution in [0.15, 0.2) is 27.1 Å². The van der Waals surface area contributed by atoms with Crippen LogP contribution in [0.4, 0.5) is 5.82 Å². The first-order chi connectivity index (χ1) is 17.2. The Labute approximate surface area is 217 Å². The third-order valence-corrected chi connectivity index (χ3v) is 6.78. The number of aromatic nitrogens is 4. The van der Waals surface area contributed by atoms with E-state index in [2.05, 4.69) is 20.3 Å². The molecular formula is C20H27IN6O9. The normalized spacial score (nSPS) is 31.3. The van der Waals surface area contributed by atoms with Crippen LogP contribution in [0.5, 0.6) is 0 Å². The number of hydrogen-bond acceptors (Lipinski definition) is 12. The average molecular weight is 622 g/mol. The number of fused-ring (bicyclic) bond motifs is 1. The van der Waals surface area contributed by atoms with Crippen molar-refractivity contribution in [3.8, 4) is 0 Å². The molecule has 0 radical (unpaired) electrons. The molecule has 5 heterocycles. The second-order valence-corrected chi connectivity index (χ2v) is 9.58. The molecule has 0 amide bonds. The molecule has 2 fully saturated rings. The van der Waals surface area contributed by atoms with Crippen LogP contribution in [0.25, 0.3) is 0 Å². The Morgan fingerprint density at radius 1 is 1.03 bits per heavy atom. The molecule has 7 atom stereocenters. The molecule has 0 bridgehead atoms. The van der Waals surface area contributed by atoms with Crippen LogP contribution in [0.2, 0.25) is 0 Å². The van der Waals surface area contributed by atoms with Gasteiger partial charge in [-0.2, -0.15) is 0 Å². The van der Waals surface area contributed by atoms with E-state index in [0.717, 1.165) is 0 Å². The zero-order valence-electron chi connectivity index (χ0n) is 18.8. The molecule has 16 heteroatoms. The predicted octanol–water partition coefficient (Wildman–Crippen LogP) is -2.40.